The number of benzene rings is 1. The highest BCUT2D eigenvalue weighted by Crippen LogP contribution is 2.51. The summed E-state index contributed by atoms with van der Waals surface area (Å²) in [5.74, 6) is 0.452. The highest BCUT2D eigenvalue weighted by atomic mass is 28.3. The van der Waals surface area contributed by atoms with Crippen LogP contribution in [-0.4, -0.2) is 57.2 Å². The van der Waals surface area contributed by atoms with E-state index in [9.17, 15) is 14.7 Å². The van der Waals surface area contributed by atoms with E-state index in [1.807, 2.05) is 38.4 Å². The summed E-state index contributed by atoms with van der Waals surface area (Å²) < 4.78 is 9.43. The van der Waals surface area contributed by atoms with Gasteiger partial charge in [-0.2, -0.15) is 10.2 Å². The second-order valence-corrected chi connectivity index (χ2v) is 19.7. The Hall–Kier alpha value is -3.44. The van der Waals surface area contributed by atoms with Gasteiger partial charge in [0.1, 0.15) is 24.2 Å². The molecule has 238 valence electrons. The number of aromatic nitrogens is 4. The Morgan fingerprint density at radius 3 is 2.36 bits per heavy atom. The van der Waals surface area contributed by atoms with Gasteiger partial charge in [0.05, 0.1) is 5.69 Å². The summed E-state index contributed by atoms with van der Waals surface area (Å²) in [6, 6.07) is 7.30. The molecule has 1 unspecified atom stereocenters. The van der Waals surface area contributed by atoms with Gasteiger partial charge in [-0.15, -0.1) is 0 Å². The van der Waals surface area contributed by atoms with Gasteiger partial charge in [0.15, 0.2) is 0 Å². The molecule has 2 heterocycles. The molecule has 2 aliphatic rings. The molecule has 11 heteroatoms. The van der Waals surface area contributed by atoms with Crippen molar-refractivity contribution < 1.29 is 19.4 Å². The van der Waals surface area contributed by atoms with Crippen LogP contribution in [0.25, 0.3) is 11.1 Å². The lowest BCUT2D eigenvalue weighted by Crippen LogP contribution is -2.50. The highest BCUT2D eigenvalue weighted by molar-refractivity contribution is 6.76. The van der Waals surface area contributed by atoms with E-state index in [1.54, 1.807) is 29.1 Å². The van der Waals surface area contributed by atoms with Crippen LogP contribution in [0.3, 0.4) is 0 Å². The third-order valence-electron chi connectivity index (χ3n) is 8.80. The van der Waals surface area contributed by atoms with E-state index >= 15 is 0 Å². The molecule has 5 rings (SSSR count). The van der Waals surface area contributed by atoms with E-state index in [4.69, 9.17) is 4.74 Å². The van der Waals surface area contributed by atoms with Gasteiger partial charge in [0, 0.05) is 55.5 Å². The van der Waals surface area contributed by atoms with Gasteiger partial charge in [0.25, 0.3) is 5.91 Å². The molecule has 10 nitrogen and oxygen atoms in total. The number of hydrogen-bond acceptors (Lipinski definition) is 6. The van der Waals surface area contributed by atoms with Crippen molar-refractivity contribution in [2.24, 2.45) is 17.8 Å². The lowest BCUT2D eigenvalue weighted by Gasteiger charge is -2.28. The second-order valence-electron chi connectivity index (χ2n) is 14.1. The Bertz CT molecular complexity index is 1490. The number of anilines is 1. The van der Waals surface area contributed by atoms with E-state index < -0.39 is 14.1 Å². The van der Waals surface area contributed by atoms with Crippen LogP contribution < -0.4 is 10.6 Å². The molecule has 3 aromatic rings. The first-order valence-corrected chi connectivity index (χ1v) is 19.6. The van der Waals surface area contributed by atoms with Gasteiger partial charge in [-0.3, -0.25) is 14.3 Å². The minimum atomic E-state index is -1.18. The molecule has 44 heavy (non-hydrogen) atoms. The molecule has 1 atom stereocenters. The van der Waals surface area contributed by atoms with Crippen molar-refractivity contribution in [3.8, 4) is 16.9 Å². The summed E-state index contributed by atoms with van der Waals surface area (Å²) in [5.41, 5.74) is 4.12. The lowest BCUT2D eigenvalue weighted by atomic mass is 9.88. The number of carbonyl (C=O) groups is 2. The zero-order valence-corrected chi connectivity index (χ0v) is 28.2. The van der Waals surface area contributed by atoms with E-state index in [2.05, 4.69) is 40.5 Å². The number of aryl methyl sites for hydroxylation is 1. The molecule has 0 spiro atoms. The number of ether oxygens (including phenoxy) is 1. The zero-order valence-electron chi connectivity index (χ0n) is 27.2. The molecular weight excluding hydrogens is 572 g/mol. The van der Waals surface area contributed by atoms with E-state index in [1.165, 1.54) is 0 Å². The molecule has 0 radical (unpaired) electrons. The molecule has 1 aromatic carbocycles. The van der Waals surface area contributed by atoms with Crippen LogP contribution in [0.4, 0.5) is 5.69 Å². The fourth-order valence-electron chi connectivity index (χ4n) is 6.13. The number of phenols is 1. The van der Waals surface area contributed by atoms with Gasteiger partial charge in [0.2, 0.25) is 5.91 Å². The molecule has 0 saturated heterocycles. The van der Waals surface area contributed by atoms with Crippen LogP contribution in [0, 0.1) is 31.6 Å². The number of phenolic OH excluding ortho intramolecular Hbond substituents is 1. The van der Waals surface area contributed by atoms with Crippen LogP contribution in [0.1, 0.15) is 67.4 Å². The minimum Gasteiger partial charge on any atom is -0.507 e. The lowest BCUT2D eigenvalue weighted by molar-refractivity contribution is -0.119. The van der Waals surface area contributed by atoms with Crippen LogP contribution >= 0.6 is 0 Å². The van der Waals surface area contributed by atoms with E-state index in [0.29, 0.717) is 42.1 Å². The smallest absolute Gasteiger partial charge is 0.270 e. The number of carbonyl (C=O) groups excluding carboxylic acids is 2. The summed E-state index contributed by atoms with van der Waals surface area (Å²) in [6.45, 7) is 15.9. The Kier molecular flexibility index (Phi) is 9.36. The summed E-state index contributed by atoms with van der Waals surface area (Å²) in [7, 11) is -1.18. The topological polar surface area (TPSA) is 123 Å². The van der Waals surface area contributed by atoms with Gasteiger partial charge in [-0.25, -0.2) is 4.68 Å². The van der Waals surface area contributed by atoms with Crippen molar-refractivity contribution in [1.82, 2.24) is 24.9 Å². The average Bonchev–Trinajstić information content (AvgIpc) is 3.88. The predicted molar refractivity (Wildman–Crippen MR) is 174 cm³/mol. The maximum Gasteiger partial charge on any atom is 0.270 e. The van der Waals surface area contributed by atoms with Crippen LogP contribution in [-0.2, 0) is 16.3 Å². The number of hydrogen-bond donors (Lipinski definition) is 3. The Labute approximate surface area is 261 Å². The molecule has 2 saturated carbocycles. The third kappa shape index (κ3) is 7.43. The van der Waals surface area contributed by atoms with Crippen molar-refractivity contribution in [1.29, 1.82) is 0 Å². The minimum absolute atomic E-state index is 0.0176. The fourth-order valence-corrected chi connectivity index (χ4v) is 6.89. The van der Waals surface area contributed by atoms with Crippen LogP contribution in [0.5, 0.6) is 5.75 Å². The summed E-state index contributed by atoms with van der Waals surface area (Å²) in [5, 5.41) is 26.2. The largest absolute Gasteiger partial charge is 0.507 e. The molecule has 0 aliphatic heterocycles. The van der Waals surface area contributed by atoms with Gasteiger partial charge in [-0.1, -0.05) is 19.6 Å². The highest BCUT2D eigenvalue weighted by Gasteiger charge is 2.48. The first-order valence-electron chi connectivity index (χ1n) is 15.9. The van der Waals surface area contributed by atoms with Crippen molar-refractivity contribution in [3.05, 3.63) is 47.5 Å². The van der Waals surface area contributed by atoms with E-state index in [-0.39, 0.29) is 29.5 Å². The second kappa shape index (κ2) is 12.9. The monoisotopic (exact) mass is 620 g/mol. The quantitative estimate of drug-likeness (QED) is 0.147. The molecule has 0 bridgehead atoms. The zero-order chi connectivity index (χ0) is 31.8. The summed E-state index contributed by atoms with van der Waals surface area (Å²) in [4.78, 5) is 27.3. The van der Waals surface area contributed by atoms with Gasteiger partial charge in [-0.05, 0) is 95.4 Å². The Morgan fingerprint density at radius 1 is 1.09 bits per heavy atom. The molecule has 2 fully saturated rings. The molecule has 2 aliphatic carbocycles. The van der Waals surface area contributed by atoms with Gasteiger partial charge < -0.3 is 20.5 Å². The normalized spacial score (nSPS) is 16.0. The Balaban J connectivity index is 1.32. The first-order chi connectivity index (χ1) is 20.8. The molecular formula is C33H48N6O4Si. The summed E-state index contributed by atoms with van der Waals surface area (Å²) in [6.07, 6.45) is 5.93. The SMILES string of the molecule is Cc1nn(COCC[Si](C)(C)C)c(C)c1-c1ccc(NC(=O)C(NC(=O)c2ccnn2C(C)C)C(C2CC2)C2CC2)cc1O. The fraction of sp³-hybridized carbons (Fsp3) is 0.576. The predicted octanol–water partition coefficient (Wildman–Crippen LogP) is 6.14. The number of aromatic hydroxyl groups is 1. The van der Waals surface area contributed by atoms with Gasteiger partial charge >= 0.3 is 0 Å². The van der Waals surface area contributed by atoms with Crippen molar-refractivity contribution in [3.63, 3.8) is 0 Å². The number of nitrogens with one attached hydrogen (secondary N) is 2. The third-order valence-corrected chi connectivity index (χ3v) is 10.5. The molecule has 3 N–H and O–H groups in total. The number of rotatable bonds is 14. The Morgan fingerprint density at radius 2 is 1.77 bits per heavy atom. The maximum atomic E-state index is 13.9. The number of amides is 2. The maximum absolute atomic E-state index is 13.9. The van der Waals surface area contributed by atoms with Crippen molar-refractivity contribution >= 4 is 25.6 Å². The van der Waals surface area contributed by atoms with Crippen molar-refractivity contribution in [2.45, 2.75) is 97.9 Å². The van der Waals surface area contributed by atoms with Crippen molar-refractivity contribution in [2.75, 3.05) is 11.9 Å². The molecule has 2 amide bonds. The van der Waals surface area contributed by atoms with Crippen LogP contribution in [0.15, 0.2) is 30.5 Å². The van der Waals surface area contributed by atoms with E-state index in [0.717, 1.165) is 48.7 Å². The number of nitrogens with zero attached hydrogens (tertiary/aromatic N) is 4. The van der Waals surface area contributed by atoms with Crippen LogP contribution in [0.2, 0.25) is 25.7 Å². The standard InChI is InChI=1S/C33H48N6O4Si/c1-20(2)39-27(14-15-34-39)32(41)36-31(30(23-8-9-23)24-10-11-24)33(42)35-25-12-13-26(28(40)18-25)29-21(3)37-38(22(29)4)19-43-16-17-44(5,6)7/h12-15,18,20,23-24,30-31,40H,8-11,16-17,19H2,1-7H3,(H,35,42)(H,36,41). The average molecular weight is 621 g/mol. The first kappa shape index (κ1) is 32.0. The summed E-state index contributed by atoms with van der Waals surface area (Å²) >= 11 is 0. The molecule has 2 aromatic heterocycles.